The van der Waals surface area contributed by atoms with E-state index in [2.05, 4.69) is 15.6 Å². The molecule has 1 aliphatic heterocycles. The predicted octanol–water partition coefficient (Wildman–Crippen LogP) is 4.36. The van der Waals surface area contributed by atoms with Gasteiger partial charge >= 0.3 is 0 Å². The van der Waals surface area contributed by atoms with Crippen molar-refractivity contribution in [3.05, 3.63) is 71.8 Å². The molecule has 0 amide bonds. The van der Waals surface area contributed by atoms with E-state index in [-0.39, 0.29) is 13.1 Å². The van der Waals surface area contributed by atoms with Crippen LogP contribution in [0.4, 0.5) is 14.5 Å². The highest BCUT2D eigenvalue weighted by atomic mass is 19.3. The van der Waals surface area contributed by atoms with Gasteiger partial charge < -0.3 is 16.0 Å². The van der Waals surface area contributed by atoms with Crippen LogP contribution in [-0.4, -0.2) is 41.2 Å². The van der Waals surface area contributed by atoms with Gasteiger partial charge in [0, 0.05) is 60.4 Å². The summed E-state index contributed by atoms with van der Waals surface area (Å²) in [5.74, 6) is -2.53. The molecule has 2 fully saturated rings. The topological polar surface area (TPSA) is 64.0 Å². The second-order valence-electron chi connectivity index (χ2n) is 7.82. The van der Waals surface area contributed by atoms with Crippen molar-refractivity contribution in [2.75, 3.05) is 18.4 Å². The number of alkyl halides is 2. The maximum Gasteiger partial charge on any atom is 0.272 e. The van der Waals surface area contributed by atoms with Crippen LogP contribution in [0.15, 0.2) is 55.1 Å². The smallest absolute Gasteiger partial charge is 0.272 e. The minimum atomic E-state index is -2.53. The number of halogens is 2. The van der Waals surface area contributed by atoms with Gasteiger partial charge in [0.15, 0.2) is 0 Å². The molecule has 30 heavy (non-hydrogen) atoms. The van der Waals surface area contributed by atoms with E-state index >= 15 is 0 Å². The maximum atomic E-state index is 12.9. The molecular formula is C23H25F2N5. The summed E-state index contributed by atoms with van der Waals surface area (Å²) in [7, 11) is 0. The second-order valence-corrected chi connectivity index (χ2v) is 7.82. The Morgan fingerprint density at radius 1 is 1.20 bits per heavy atom. The van der Waals surface area contributed by atoms with Crippen molar-refractivity contribution >= 4 is 23.6 Å². The van der Waals surface area contributed by atoms with Crippen LogP contribution in [-0.2, 0) is 6.54 Å². The molecule has 156 valence electrons. The number of benzene rings is 1. The Balaban J connectivity index is 1.36. The summed E-state index contributed by atoms with van der Waals surface area (Å²) in [6, 6.07) is 10.2. The molecule has 0 bridgehead atoms. The Kier molecular flexibility index (Phi) is 5.90. The highest BCUT2D eigenvalue weighted by Gasteiger charge is 2.43. The van der Waals surface area contributed by atoms with Gasteiger partial charge in [-0.1, -0.05) is 12.1 Å². The number of nitrogens with zero attached hydrogens (tertiary/aromatic N) is 2. The van der Waals surface area contributed by atoms with Crippen LogP contribution < -0.4 is 10.6 Å². The molecule has 0 unspecified atom stereocenters. The number of rotatable bonds is 9. The van der Waals surface area contributed by atoms with Gasteiger partial charge in [0.05, 0.1) is 13.1 Å². The van der Waals surface area contributed by atoms with Gasteiger partial charge in [-0.3, -0.25) is 9.88 Å². The Morgan fingerprint density at radius 3 is 2.63 bits per heavy atom. The SMILES string of the molecule is N=C/C(=C\NC1CC1)c1ccncc1/C=C/Nc1ccc(CN2CC(F)(F)C2)cc1. The number of aromatic nitrogens is 1. The molecule has 0 atom stereocenters. The van der Waals surface area contributed by atoms with Crippen molar-refractivity contribution in [3.63, 3.8) is 0 Å². The summed E-state index contributed by atoms with van der Waals surface area (Å²) in [6.45, 7) is 0.218. The third-order valence-electron chi connectivity index (χ3n) is 5.15. The first-order valence-corrected chi connectivity index (χ1v) is 10.1. The Morgan fingerprint density at radius 2 is 1.97 bits per heavy atom. The van der Waals surface area contributed by atoms with Crippen LogP contribution >= 0.6 is 0 Å². The highest BCUT2D eigenvalue weighted by Crippen LogP contribution is 2.28. The molecule has 0 radical (unpaired) electrons. The fraction of sp³-hybridized carbons (Fsp3) is 0.304. The number of anilines is 1. The van der Waals surface area contributed by atoms with Crippen molar-refractivity contribution in [2.45, 2.75) is 31.4 Å². The molecule has 1 aromatic carbocycles. The summed E-state index contributed by atoms with van der Waals surface area (Å²) < 4.78 is 25.9. The molecule has 4 rings (SSSR count). The van der Waals surface area contributed by atoms with Gasteiger partial charge in [-0.2, -0.15) is 0 Å². The third kappa shape index (κ3) is 5.30. The van der Waals surface area contributed by atoms with Gasteiger partial charge in [-0.05, 0) is 48.2 Å². The van der Waals surface area contributed by atoms with E-state index in [1.165, 1.54) is 19.1 Å². The van der Waals surface area contributed by atoms with E-state index in [9.17, 15) is 8.78 Å². The molecule has 3 N–H and O–H groups in total. The Hall–Kier alpha value is -3.06. The summed E-state index contributed by atoms with van der Waals surface area (Å²) in [6.07, 6.45) is 12.9. The average Bonchev–Trinajstić information content (AvgIpc) is 3.54. The van der Waals surface area contributed by atoms with Crippen LogP contribution in [0.25, 0.3) is 11.6 Å². The number of pyridine rings is 1. The zero-order valence-corrected chi connectivity index (χ0v) is 16.6. The van der Waals surface area contributed by atoms with Crippen LogP contribution in [0.5, 0.6) is 0 Å². The van der Waals surface area contributed by atoms with Crippen LogP contribution in [0.2, 0.25) is 0 Å². The zero-order chi connectivity index (χ0) is 21.0. The van der Waals surface area contributed by atoms with Crippen molar-refractivity contribution in [1.29, 1.82) is 5.41 Å². The molecule has 2 heterocycles. The Labute approximate surface area is 175 Å². The number of hydrogen-bond donors (Lipinski definition) is 3. The van der Waals surface area contributed by atoms with Gasteiger partial charge in [0.2, 0.25) is 0 Å². The molecular weight excluding hydrogens is 384 g/mol. The molecule has 7 heteroatoms. The Bertz CT molecular complexity index is 940. The van der Waals surface area contributed by atoms with E-state index < -0.39 is 5.92 Å². The summed E-state index contributed by atoms with van der Waals surface area (Å²) >= 11 is 0. The molecule has 1 saturated carbocycles. The summed E-state index contributed by atoms with van der Waals surface area (Å²) in [4.78, 5) is 5.93. The first-order valence-electron chi connectivity index (χ1n) is 10.1. The monoisotopic (exact) mass is 409 g/mol. The number of likely N-dealkylation sites (tertiary alicyclic amines) is 1. The molecule has 1 aromatic heterocycles. The summed E-state index contributed by atoms with van der Waals surface area (Å²) in [5.41, 5.74) is 4.58. The van der Waals surface area contributed by atoms with Crippen LogP contribution in [0.3, 0.4) is 0 Å². The fourth-order valence-electron chi connectivity index (χ4n) is 3.37. The lowest BCUT2D eigenvalue weighted by Gasteiger charge is -2.38. The minimum absolute atomic E-state index is 0.161. The maximum absolute atomic E-state index is 12.9. The third-order valence-corrected chi connectivity index (χ3v) is 5.15. The zero-order valence-electron chi connectivity index (χ0n) is 16.6. The fourth-order valence-corrected chi connectivity index (χ4v) is 3.37. The molecule has 0 spiro atoms. The minimum Gasteiger partial charge on any atom is -0.388 e. The van der Waals surface area contributed by atoms with Crippen molar-refractivity contribution in [1.82, 2.24) is 15.2 Å². The predicted molar refractivity (Wildman–Crippen MR) is 116 cm³/mol. The van der Waals surface area contributed by atoms with Gasteiger partial charge in [-0.15, -0.1) is 0 Å². The van der Waals surface area contributed by atoms with Crippen LogP contribution in [0.1, 0.15) is 29.5 Å². The number of hydrogen-bond acceptors (Lipinski definition) is 5. The summed E-state index contributed by atoms with van der Waals surface area (Å²) in [5, 5.41) is 14.3. The van der Waals surface area contributed by atoms with Gasteiger partial charge in [-0.25, -0.2) is 8.78 Å². The van der Waals surface area contributed by atoms with E-state index in [4.69, 9.17) is 5.41 Å². The lowest BCUT2D eigenvalue weighted by molar-refractivity contribution is -0.133. The second kappa shape index (κ2) is 8.75. The van der Waals surface area contributed by atoms with Crippen LogP contribution in [0, 0.1) is 5.41 Å². The molecule has 1 aliphatic carbocycles. The van der Waals surface area contributed by atoms with E-state index in [0.717, 1.165) is 28.0 Å². The first kappa shape index (κ1) is 20.2. The average molecular weight is 409 g/mol. The lowest BCUT2D eigenvalue weighted by Crippen LogP contribution is -2.55. The van der Waals surface area contributed by atoms with Crippen molar-refractivity contribution in [3.8, 4) is 0 Å². The van der Waals surface area contributed by atoms with Crippen molar-refractivity contribution < 1.29 is 8.78 Å². The first-order chi connectivity index (χ1) is 14.5. The lowest BCUT2D eigenvalue weighted by atomic mass is 10.0. The van der Waals surface area contributed by atoms with Gasteiger partial charge in [0.1, 0.15) is 0 Å². The van der Waals surface area contributed by atoms with E-state index in [1.54, 1.807) is 17.3 Å². The number of allylic oxidation sites excluding steroid dienone is 1. The molecule has 2 aliphatic rings. The normalized spacial score (nSPS) is 18.8. The highest BCUT2D eigenvalue weighted by molar-refractivity contribution is 6.09. The molecule has 1 saturated heterocycles. The van der Waals surface area contributed by atoms with E-state index in [0.29, 0.717) is 12.6 Å². The quantitative estimate of drug-likeness (QED) is 0.539. The molecule has 2 aromatic rings. The largest absolute Gasteiger partial charge is 0.388 e. The van der Waals surface area contributed by atoms with Crippen molar-refractivity contribution in [2.24, 2.45) is 0 Å². The van der Waals surface area contributed by atoms with E-state index in [1.807, 2.05) is 48.8 Å². The van der Waals surface area contributed by atoms with Gasteiger partial charge in [0.25, 0.3) is 5.92 Å². The standard InChI is InChI=1S/C23H25F2N5/c24-23(25)15-30(16-23)14-17-1-3-20(4-2-17)28-10-7-18-12-27-9-8-22(18)19(11-26)13-29-21-5-6-21/h1-4,7-13,21,26,28-29H,5-6,14-16H2/b10-7+,19-13+,26-11?. The number of nitrogens with one attached hydrogen (secondary N) is 3. The molecule has 5 nitrogen and oxygen atoms in total.